The Morgan fingerprint density at radius 3 is 2.73 bits per heavy atom. The minimum absolute atomic E-state index is 0.130. The minimum Gasteiger partial charge on any atom is -0.497 e. The monoisotopic (exact) mass is 208 g/mol. The second-order valence-electron chi connectivity index (χ2n) is 4.90. The van der Waals surface area contributed by atoms with Crippen LogP contribution in [0.15, 0.2) is 12.3 Å². The van der Waals surface area contributed by atoms with Crippen LogP contribution < -0.4 is 0 Å². The lowest BCUT2D eigenvalue weighted by Crippen LogP contribution is -2.31. The fraction of sp³-hybridized carbons (Fsp3) is 0.769. The number of hydrogen-bond acceptors (Lipinski definition) is 2. The molecule has 0 radical (unpaired) electrons. The Morgan fingerprint density at radius 2 is 2.07 bits per heavy atom. The summed E-state index contributed by atoms with van der Waals surface area (Å²) in [7, 11) is 0. The first-order valence-electron chi connectivity index (χ1n) is 6.12. The smallest absolute Gasteiger partial charge is 0.162 e. The van der Waals surface area contributed by atoms with Gasteiger partial charge in [0.25, 0.3) is 0 Å². The first-order chi connectivity index (χ1) is 7.27. The van der Waals surface area contributed by atoms with Gasteiger partial charge in [-0.05, 0) is 11.8 Å². The Kier molecular flexibility index (Phi) is 3.45. The lowest BCUT2D eigenvalue weighted by atomic mass is 9.77. The summed E-state index contributed by atoms with van der Waals surface area (Å²) in [5.74, 6) is 1.51. The fourth-order valence-corrected chi connectivity index (χ4v) is 2.80. The first-order valence-corrected chi connectivity index (χ1v) is 6.12. The molecule has 0 aromatic rings. The van der Waals surface area contributed by atoms with Crippen molar-refractivity contribution < 1.29 is 9.53 Å². The molecular weight excluding hydrogens is 188 g/mol. The van der Waals surface area contributed by atoms with Gasteiger partial charge in [0.15, 0.2) is 5.78 Å². The Hall–Kier alpha value is -0.790. The molecule has 2 nitrogen and oxygen atoms in total. The van der Waals surface area contributed by atoms with E-state index in [1.807, 2.05) is 0 Å². The van der Waals surface area contributed by atoms with E-state index in [1.54, 1.807) is 12.3 Å². The summed E-state index contributed by atoms with van der Waals surface area (Å²) >= 11 is 0. The first kappa shape index (κ1) is 10.7. The van der Waals surface area contributed by atoms with Gasteiger partial charge in [0.05, 0.1) is 6.26 Å². The maximum Gasteiger partial charge on any atom is 0.162 e. The predicted octanol–water partition coefficient (Wildman–Crippen LogP) is 3.07. The molecule has 0 amide bonds. The average Bonchev–Trinajstić information content (AvgIpc) is 2.29. The zero-order valence-electron chi connectivity index (χ0n) is 9.45. The van der Waals surface area contributed by atoms with Crippen LogP contribution in [0.3, 0.4) is 0 Å². The number of rotatable bonds is 2. The number of allylic oxidation sites excluding steroid dienone is 1. The highest BCUT2D eigenvalue weighted by molar-refractivity contribution is 5.90. The van der Waals surface area contributed by atoms with Gasteiger partial charge in [-0.3, -0.25) is 4.79 Å². The second kappa shape index (κ2) is 4.82. The molecule has 1 heterocycles. The number of ketones is 1. The Bertz CT molecular complexity index is 251. The van der Waals surface area contributed by atoms with E-state index in [1.165, 1.54) is 32.1 Å². The highest BCUT2D eigenvalue weighted by Gasteiger charge is 2.30. The molecule has 2 rings (SSSR count). The number of carbonyl (C=O) groups excluding carboxylic acids is 1. The normalized spacial score (nSPS) is 29.9. The minimum atomic E-state index is 0.130. The van der Waals surface area contributed by atoms with Crippen molar-refractivity contribution in [1.82, 2.24) is 0 Å². The topological polar surface area (TPSA) is 26.3 Å². The summed E-state index contributed by atoms with van der Waals surface area (Å²) in [6, 6.07) is 0. The highest BCUT2D eigenvalue weighted by atomic mass is 16.5. The number of ether oxygens (including phenoxy) is 1. The van der Waals surface area contributed by atoms with E-state index in [9.17, 15) is 4.79 Å². The van der Waals surface area contributed by atoms with Crippen molar-refractivity contribution in [3.63, 3.8) is 0 Å². The maximum absolute atomic E-state index is 11.3. The molecule has 1 aliphatic carbocycles. The molecule has 0 aromatic heterocycles. The second-order valence-corrected chi connectivity index (χ2v) is 4.90. The average molecular weight is 208 g/mol. The third-order valence-electron chi connectivity index (χ3n) is 3.89. The van der Waals surface area contributed by atoms with Crippen LogP contribution in [0, 0.1) is 11.8 Å². The summed E-state index contributed by atoms with van der Waals surface area (Å²) in [6.45, 7) is 2.24. The Balaban J connectivity index is 1.91. The maximum atomic E-state index is 11.3. The molecule has 2 aliphatic rings. The highest BCUT2D eigenvalue weighted by Crippen LogP contribution is 2.34. The predicted molar refractivity (Wildman–Crippen MR) is 59.4 cm³/mol. The van der Waals surface area contributed by atoms with Crippen molar-refractivity contribution in [1.29, 1.82) is 0 Å². The van der Waals surface area contributed by atoms with Crippen LogP contribution in [0.5, 0.6) is 0 Å². The molecule has 84 valence electrons. The van der Waals surface area contributed by atoms with Gasteiger partial charge in [0, 0.05) is 12.5 Å². The van der Waals surface area contributed by atoms with Crippen molar-refractivity contribution in [3.05, 3.63) is 12.3 Å². The quantitative estimate of drug-likeness (QED) is 0.697. The summed E-state index contributed by atoms with van der Waals surface area (Å²) in [6.07, 6.45) is 10.6. The van der Waals surface area contributed by atoms with Gasteiger partial charge in [0.2, 0.25) is 0 Å². The van der Waals surface area contributed by atoms with Crippen LogP contribution in [-0.2, 0) is 9.53 Å². The van der Waals surface area contributed by atoms with Gasteiger partial charge in [-0.2, -0.15) is 0 Å². The third-order valence-corrected chi connectivity index (χ3v) is 3.89. The van der Waals surface area contributed by atoms with Crippen LogP contribution >= 0.6 is 0 Å². The molecule has 2 unspecified atom stereocenters. The molecule has 0 aromatic carbocycles. The number of hydrogen-bond donors (Lipinski definition) is 0. The van der Waals surface area contributed by atoms with Crippen LogP contribution in [0.4, 0.5) is 0 Å². The third kappa shape index (κ3) is 2.61. The van der Waals surface area contributed by atoms with Crippen molar-refractivity contribution in [3.8, 4) is 0 Å². The van der Waals surface area contributed by atoms with Gasteiger partial charge in [-0.15, -0.1) is 0 Å². The van der Waals surface area contributed by atoms with Gasteiger partial charge >= 0.3 is 0 Å². The van der Waals surface area contributed by atoms with E-state index in [2.05, 4.69) is 6.92 Å². The zero-order valence-corrected chi connectivity index (χ0v) is 9.45. The van der Waals surface area contributed by atoms with Gasteiger partial charge in [-0.1, -0.05) is 39.0 Å². The summed E-state index contributed by atoms with van der Waals surface area (Å²) in [5, 5.41) is 0. The van der Waals surface area contributed by atoms with E-state index in [0.29, 0.717) is 12.3 Å². The van der Waals surface area contributed by atoms with E-state index in [-0.39, 0.29) is 11.9 Å². The molecule has 15 heavy (non-hydrogen) atoms. The van der Waals surface area contributed by atoms with Gasteiger partial charge in [-0.25, -0.2) is 0 Å². The molecule has 1 fully saturated rings. The standard InChI is InChI=1S/C13H20O2/c1-10(11-5-3-2-4-6-11)13-9-12(14)7-8-15-13/h7-8,10-11,13H,2-6,9H2,1H3. The summed E-state index contributed by atoms with van der Waals surface area (Å²) in [4.78, 5) is 11.3. The molecule has 1 aliphatic heterocycles. The van der Waals surface area contributed by atoms with E-state index < -0.39 is 0 Å². The van der Waals surface area contributed by atoms with E-state index in [4.69, 9.17) is 4.74 Å². The summed E-state index contributed by atoms with van der Waals surface area (Å²) in [5.41, 5.74) is 0. The lowest BCUT2D eigenvalue weighted by molar-refractivity contribution is -0.119. The van der Waals surface area contributed by atoms with Crippen molar-refractivity contribution >= 4 is 5.78 Å². The number of carbonyl (C=O) groups is 1. The van der Waals surface area contributed by atoms with Crippen molar-refractivity contribution in [2.45, 2.75) is 51.6 Å². The van der Waals surface area contributed by atoms with Crippen LogP contribution in [0.1, 0.15) is 45.4 Å². The Labute approximate surface area is 91.7 Å². The lowest BCUT2D eigenvalue weighted by Gasteiger charge is -2.33. The van der Waals surface area contributed by atoms with Crippen LogP contribution in [0.2, 0.25) is 0 Å². The van der Waals surface area contributed by atoms with E-state index in [0.717, 1.165) is 5.92 Å². The fourth-order valence-electron chi connectivity index (χ4n) is 2.80. The molecule has 0 saturated heterocycles. The molecular formula is C13H20O2. The molecule has 2 atom stereocenters. The van der Waals surface area contributed by atoms with E-state index >= 15 is 0 Å². The van der Waals surface area contributed by atoms with Gasteiger partial charge < -0.3 is 4.74 Å². The summed E-state index contributed by atoms with van der Waals surface area (Å²) < 4.78 is 5.56. The zero-order chi connectivity index (χ0) is 10.7. The van der Waals surface area contributed by atoms with Crippen LogP contribution in [0.25, 0.3) is 0 Å². The molecule has 0 spiro atoms. The molecule has 1 saturated carbocycles. The largest absolute Gasteiger partial charge is 0.497 e. The van der Waals surface area contributed by atoms with Gasteiger partial charge in [0.1, 0.15) is 6.10 Å². The molecule has 0 bridgehead atoms. The Morgan fingerprint density at radius 1 is 1.33 bits per heavy atom. The van der Waals surface area contributed by atoms with Crippen molar-refractivity contribution in [2.24, 2.45) is 11.8 Å². The molecule has 2 heteroatoms. The van der Waals surface area contributed by atoms with Crippen LogP contribution in [-0.4, -0.2) is 11.9 Å². The SMILES string of the molecule is CC(C1CCCCC1)C1CC(=O)C=CO1. The van der Waals surface area contributed by atoms with Crippen molar-refractivity contribution in [2.75, 3.05) is 0 Å². The molecule has 0 N–H and O–H groups in total.